The van der Waals surface area contributed by atoms with Crippen LogP contribution in [0.4, 0.5) is 0 Å². The van der Waals surface area contributed by atoms with Gasteiger partial charge in [0.25, 0.3) is 5.78 Å². The summed E-state index contributed by atoms with van der Waals surface area (Å²) < 4.78 is 1.76. The molecule has 0 spiro atoms. The Hall–Kier alpha value is -1.93. The summed E-state index contributed by atoms with van der Waals surface area (Å²) in [5, 5.41) is 7.20. The van der Waals surface area contributed by atoms with Crippen LogP contribution in [0.25, 0.3) is 5.78 Å². The molecule has 0 bridgehead atoms. The Morgan fingerprint density at radius 2 is 2.16 bits per heavy atom. The van der Waals surface area contributed by atoms with E-state index in [1.807, 2.05) is 25.7 Å². The number of thioether (sulfide) groups is 1. The SMILES string of the molecule is Cc1nc2nc(SCC(=O)N3CCc4sccc4C3)nn2c(C)c1C. The van der Waals surface area contributed by atoms with Gasteiger partial charge in [0.1, 0.15) is 0 Å². The van der Waals surface area contributed by atoms with Crippen molar-refractivity contribution >= 4 is 34.8 Å². The third-order valence-corrected chi connectivity index (χ3v) is 6.57. The molecule has 130 valence electrons. The summed E-state index contributed by atoms with van der Waals surface area (Å²) in [5.41, 5.74) is 4.40. The second-order valence-electron chi connectivity index (χ2n) is 6.24. The van der Waals surface area contributed by atoms with Gasteiger partial charge in [-0.2, -0.15) is 4.98 Å². The number of fused-ring (bicyclic) bond motifs is 2. The van der Waals surface area contributed by atoms with Crippen molar-refractivity contribution in [3.05, 3.63) is 38.8 Å². The minimum absolute atomic E-state index is 0.137. The Morgan fingerprint density at radius 3 is 3.00 bits per heavy atom. The van der Waals surface area contributed by atoms with Crippen LogP contribution in [0.2, 0.25) is 0 Å². The van der Waals surface area contributed by atoms with Gasteiger partial charge in [0.2, 0.25) is 11.1 Å². The fraction of sp³-hybridized carbons (Fsp3) is 0.412. The molecule has 0 radical (unpaired) electrons. The topological polar surface area (TPSA) is 63.4 Å². The standard InChI is InChI=1S/C17H19N5OS2/c1-10-11(2)18-16-19-17(20-22(16)12(10)3)25-9-15(23)21-6-4-14-13(8-21)5-7-24-14/h5,7H,4,6,8-9H2,1-3H3. The summed E-state index contributed by atoms with van der Waals surface area (Å²) in [7, 11) is 0. The number of aromatic nitrogens is 4. The molecule has 0 fully saturated rings. The zero-order chi connectivity index (χ0) is 17.6. The molecule has 25 heavy (non-hydrogen) atoms. The van der Waals surface area contributed by atoms with Gasteiger partial charge in [-0.1, -0.05) is 11.8 Å². The van der Waals surface area contributed by atoms with E-state index in [1.165, 1.54) is 22.2 Å². The van der Waals surface area contributed by atoms with Gasteiger partial charge < -0.3 is 4.90 Å². The number of aryl methyl sites for hydroxylation is 2. The molecule has 1 aliphatic rings. The average molecular weight is 374 g/mol. The van der Waals surface area contributed by atoms with Crippen molar-refractivity contribution < 1.29 is 4.79 Å². The van der Waals surface area contributed by atoms with Crippen molar-refractivity contribution in [3.8, 4) is 0 Å². The van der Waals surface area contributed by atoms with Crippen molar-refractivity contribution in [2.75, 3.05) is 12.3 Å². The maximum atomic E-state index is 12.5. The number of amides is 1. The molecule has 4 rings (SSSR count). The van der Waals surface area contributed by atoms with E-state index in [4.69, 9.17) is 0 Å². The smallest absolute Gasteiger partial charge is 0.253 e. The first kappa shape index (κ1) is 16.5. The number of rotatable bonds is 3. The van der Waals surface area contributed by atoms with Crippen LogP contribution < -0.4 is 0 Å². The van der Waals surface area contributed by atoms with Crippen molar-refractivity contribution in [3.63, 3.8) is 0 Å². The molecule has 4 heterocycles. The summed E-state index contributed by atoms with van der Waals surface area (Å²) in [4.78, 5) is 24.8. The Bertz CT molecular complexity index is 962. The fourth-order valence-electron chi connectivity index (χ4n) is 2.98. The Balaban J connectivity index is 1.46. The molecular formula is C17H19N5OS2. The van der Waals surface area contributed by atoms with Crippen LogP contribution in [0.15, 0.2) is 16.6 Å². The lowest BCUT2D eigenvalue weighted by molar-refractivity contribution is -0.129. The number of hydrogen-bond donors (Lipinski definition) is 0. The lowest BCUT2D eigenvalue weighted by Gasteiger charge is -2.26. The monoisotopic (exact) mass is 373 g/mol. The van der Waals surface area contributed by atoms with Crippen molar-refractivity contribution in [1.29, 1.82) is 0 Å². The molecule has 0 aliphatic carbocycles. The molecule has 3 aromatic rings. The zero-order valence-corrected chi connectivity index (χ0v) is 16.1. The maximum Gasteiger partial charge on any atom is 0.253 e. The van der Waals surface area contributed by atoms with E-state index in [0.717, 1.165) is 36.5 Å². The minimum atomic E-state index is 0.137. The summed E-state index contributed by atoms with van der Waals surface area (Å²) >= 11 is 3.16. The first-order valence-corrected chi connectivity index (χ1v) is 10.1. The molecule has 3 aromatic heterocycles. The van der Waals surface area contributed by atoms with Crippen LogP contribution in [-0.4, -0.2) is 42.7 Å². The Morgan fingerprint density at radius 1 is 1.32 bits per heavy atom. The molecule has 0 saturated heterocycles. The van der Waals surface area contributed by atoms with Crippen LogP contribution in [0, 0.1) is 20.8 Å². The lowest BCUT2D eigenvalue weighted by atomic mass is 10.1. The van der Waals surface area contributed by atoms with Crippen LogP contribution >= 0.6 is 23.1 Å². The number of carbonyl (C=O) groups is 1. The molecule has 0 unspecified atom stereocenters. The van der Waals surface area contributed by atoms with Crippen molar-refractivity contribution in [2.24, 2.45) is 0 Å². The average Bonchev–Trinajstić information content (AvgIpc) is 3.23. The summed E-state index contributed by atoms with van der Waals surface area (Å²) in [6.45, 7) is 7.53. The normalized spacial score (nSPS) is 14.1. The predicted octanol–water partition coefficient (Wildman–Crippen LogP) is 2.79. The quantitative estimate of drug-likeness (QED) is 0.661. The maximum absolute atomic E-state index is 12.5. The second-order valence-corrected chi connectivity index (χ2v) is 8.18. The Labute approximate surface area is 154 Å². The van der Waals surface area contributed by atoms with E-state index in [-0.39, 0.29) is 5.91 Å². The minimum Gasteiger partial charge on any atom is -0.337 e. The van der Waals surface area contributed by atoms with Gasteiger partial charge in [0.05, 0.1) is 5.75 Å². The van der Waals surface area contributed by atoms with Crippen molar-refractivity contribution in [2.45, 2.75) is 38.9 Å². The number of nitrogens with zero attached hydrogens (tertiary/aromatic N) is 5. The number of thiophene rings is 1. The summed E-state index contributed by atoms with van der Waals surface area (Å²) in [6.07, 6.45) is 0.956. The van der Waals surface area contributed by atoms with Gasteiger partial charge in [-0.15, -0.1) is 16.4 Å². The third-order valence-electron chi connectivity index (χ3n) is 4.73. The molecule has 0 saturated carbocycles. The number of carbonyl (C=O) groups excluding carboxylic acids is 1. The highest BCUT2D eigenvalue weighted by molar-refractivity contribution is 7.99. The van der Waals surface area contributed by atoms with Crippen LogP contribution in [0.5, 0.6) is 0 Å². The van der Waals surface area contributed by atoms with E-state index >= 15 is 0 Å². The van der Waals surface area contributed by atoms with E-state index in [0.29, 0.717) is 16.7 Å². The van der Waals surface area contributed by atoms with Gasteiger partial charge in [-0.3, -0.25) is 4.79 Å². The molecule has 0 aromatic carbocycles. The van der Waals surface area contributed by atoms with Crippen LogP contribution in [0.1, 0.15) is 27.4 Å². The zero-order valence-electron chi connectivity index (χ0n) is 14.4. The highest BCUT2D eigenvalue weighted by atomic mass is 32.2. The van der Waals surface area contributed by atoms with Crippen LogP contribution in [0.3, 0.4) is 0 Å². The summed E-state index contributed by atoms with van der Waals surface area (Å²) in [5.74, 6) is 1.09. The van der Waals surface area contributed by atoms with Gasteiger partial charge in [-0.25, -0.2) is 9.50 Å². The first-order chi connectivity index (χ1) is 12.0. The lowest BCUT2D eigenvalue weighted by Crippen LogP contribution is -2.36. The van der Waals surface area contributed by atoms with Crippen molar-refractivity contribution in [1.82, 2.24) is 24.5 Å². The number of hydrogen-bond acceptors (Lipinski definition) is 6. The molecular weight excluding hydrogens is 354 g/mol. The predicted molar refractivity (Wildman–Crippen MR) is 99.2 cm³/mol. The van der Waals surface area contributed by atoms with Gasteiger partial charge in [-0.05, 0) is 49.8 Å². The van der Waals surface area contributed by atoms with Gasteiger partial charge in [0, 0.05) is 29.4 Å². The molecule has 1 aliphatic heterocycles. The molecule has 0 atom stereocenters. The highest BCUT2D eigenvalue weighted by Crippen LogP contribution is 2.25. The van der Waals surface area contributed by atoms with Crippen LogP contribution in [-0.2, 0) is 17.8 Å². The fourth-order valence-corrected chi connectivity index (χ4v) is 4.59. The molecule has 6 nitrogen and oxygen atoms in total. The highest BCUT2D eigenvalue weighted by Gasteiger charge is 2.22. The molecule has 1 amide bonds. The van der Waals surface area contributed by atoms with E-state index < -0.39 is 0 Å². The largest absolute Gasteiger partial charge is 0.337 e. The Kier molecular flexibility index (Phi) is 4.24. The van der Waals surface area contributed by atoms with Gasteiger partial charge in [0.15, 0.2) is 0 Å². The van der Waals surface area contributed by atoms with Gasteiger partial charge >= 0.3 is 0 Å². The van der Waals surface area contributed by atoms with E-state index in [1.54, 1.807) is 15.9 Å². The molecule has 0 N–H and O–H groups in total. The van der Waals surface area contributed by atoms with E-state index in [2.05, 4.69) is 26.5 Å². The third kappa shape index (κ3) is 3.04. The first-order valence-electron chi connectivity index (χ1n) is 8.19. The second kappa shape index (κ2) is 6.42. The summed E-state index contributed by atoms with van der Waals surface area (Å²) in [6, 6.07) is 2.12. The van der Waals surface area contributed by atoms with E-state index in [9.17, 15) is 4.79 Å². The molecule has 8 heteroatoms.